The van der Waals surface area contributed by atoms with Gasteiger partial charge in [0.25, 0.3) is 0 Å². The lowest BCUT2D eigenvalue weighted by Gasteiger charge is -2.19. The number of pyridine rings is 1. The van der Waals surface area contributed by atoms with Gasteiger partial charge in [0.2, 0.25) is 0 Å². The van der Waals surface area contributed by atoms with E-state index in [-0.39, 0.29) is 13.0 Å². The van der Waals surface area contributed by atoms with Gasteiger partial charge in [-0.15, -0.1) is 22.7 Å². The average molecular weight is 494 g/mol. The van der Waals surface area contributed by atoms with Crippen LogP contribution in [0.4, 0.5) is 24.1 Å². The zero-order valence-electron chi connectivity index (χ0n) is 17.8. The lowest BCUT2D eigenvalue weighted by Crippen LogP contribution is -2.35. The zero-order chi connectivity index (χ0) is 23.0. The number of anilines is 2. The molecule has 1 fully saturated rings. The Morgan fingerprint density at radius 2 is 1.94 bits per heavy atom. The van der Waals surface area contributed by atoms with Gasteiger partial charge in [-0.3, -0.25) is 4.99 Å². The van der Waals surface area contributed by atoms with Crippen LogP contribution in [0.15, 0.2) is 27.9 Å². The first-order valence-electron chi connectivity index (χ1n) is 10.6. The number of guanidine groups is 1. The highest BCUT2D eigenvalue weighted by Crippen LogP contribution is 2.36. The molecular formula is C21H22F3N7S2. The van der Waals surface area contributed by atoms with E-state index in [0.29, 0.717) is 12.4 Å². The second-order valence-corrected chi connectivity index (χ2v) is 9.70. The Morgan fingerprint density at radius 3 is 2.67 bits per heavy atom. The summed E-state index contributed by atoms with van der Waals surface area (Å²) in [5, 5.41) is 11.9. The van der Waals surface area contributed by atoms with Crippen LogP contribution < -0.4 is 15.5 Å². The first-order chi connectivity index (χ1) is 15.9. The monoisotopic (exact) mass is 493 g/mol. The number of rotatable bonds is 4. The summed E-state index contributed by atoms with van der Waals surface area (Å²) in [7, 11) is 0. The van der Waals surface area contributed by atoms with Crippen molar-refractivity contribution in [2.24, 2.45) is 10.9 Å². The number of nitrogens with one attached hydrogen (secondary N) is 2. The third-order valence-corrected chi connectivity index (χ3v) is 7.30. The highest BCUT2D eigenvalue weighted by Gasteiger charge is 2.43. The van der Waals surface area contributed by atoms with E-state index in [4.69, 9.17) is 4.98 Å². The summed E-state index contributed by atoms with van der Waals surface area (Å²) in [6, 6.07) is 3.67. The summed E-state index contributed by atoms with van der Waals surface area (Å²) in [6.45, 7) is 3.88. The van der Waals surface area contributed by atoms with Crippen LogP contribution in [0, 0.1) is 12.8 Å². The van der Waals surface area contributed by atoms with E-state index in [2.05, 4.69) is 25.6 Å². The lowest BCUT2D eigenvalue weighted by atomic mass is 10.1. The Morgan fingerprint density at radius 1 is 1.12 bits per heavy atom. The fourth-order valence-electron chi connectivity index (χ4n) is 3.87. The van der Waals surface area contributed by atoms with Crippen molar-refractivity contribution < 1.29 is 13.2 Å². The maximum Gasteiger partial charge on any atom is 0.393 e. The number of alkyl halides is 3. The van der Waals surface area contributed by atoms with Gasteiger partial charge in [0, 0.05) is 48.2 Å². The van der Waals surface area contributed by atoms with Crippen LogP contribution in [0.1, 0.15) is 18.5 Å². The third kappa shape index (κ3) is 4.81. The normalized spacial score (nSPS) is 18.8. The van der Waals surface area contributed by atoms with Crippen LogP contribution in [0.2, 0.25) is 0 Å². The molecule has 2 N–H and O–H groups in total. The van der Waals surface area contributed by atoms with Crippen molar-refractivity contribution in [3.63, 3.8) is 0 Å². The molecule has 3 aromatic heterocycles. The molecule has 0 amide bonds. The predicted molar refractivity (Wildman–Crippen MR) is 126 cm³/mol. The zero-order valence-corrected chi connectivity index (χ0v) is 19.4. The minimum atomic E-state index is -4.16. The summed E-state index contributed by atoms with van der Waals surface area (Å²) in [5.74, 6) is 0.0240. The Labute approximate surface area is 196 Å². The Kier molecular flexibility index (Phi) is 5.95. The van der Waals surface area contributed by atoms with Gasteiger partial charge in [0.05, 0.1) is 5.92 Å². The van der Waals surface area contributed by atoms with E-state index in [9.17, 15) is 13.2 Å². The predicted octanol–water partition coefficient (Wildman–Crippen LogP) is 4.79. The molecule has 0 radical (unpaired) electrons. The molecule has 0 aromatic carbocycles. The molecule has 1 atom stereocenters. The third-order valence-electron chi connectivity index (χ3n) is 5.67. The summed E-state index contributed by atoms with van der Waals surface area (Å²) < 4.78 is 39.0. The van der Waals surface area contributed by atoms with Crippen molar-refractivity contribution in [3.8, 4) is 22.0 Å². The van der Waals surface area contributed by atoms with Gasteiger partial charge in [-0.25, -0.2) is 15.0 Å². The number of aromatic nitrogens is 3. The Bertz CT molecular complexity index is 1170. The van der Waals surface area contributed by atoms with E-state index in [1.54, 1.807) is 11.0 Å². The Balaban J connectivity index is 1.30. The van der Waals surface area contributed by atoms with Crippen LogP contribution in [-0.2, 0) is 0 Å². The second kappa shape index (κ2) is 8.90. The molecule has 5 rings (SSSR count). The SMILES string of the molecule is Cc1nc(N2CCC(C(F)(F)F)C2)ccc1-c1nc(-c2csc(NC3=NCCCN3)n2)cs1. The topological polar surface area (TPSA) is 78.3 Å². The summed E-state index contributed by atoms with van der Waals surface area (Å²) in [5.41, 5.74) is 3.16. The van der Waals surface area contributed by atoms with Crippen molar-refractivity contribution in [2.75, 3.05) is 36.4 Å². The molecule has 7 nitrogen and oxygen atoms in total. The van der Waals surface area contributed by atoms with Crippen LogP contribution in [0.5, 0.6) is 0 Å². The fourth-order valence-corrected chi connectivity index (χ4v) is 5.46. The van der Waals surface area contributed by atoms with Crippen molar-refractivity contribution in [3.05, 3.63) is 28.6 Å². The molecular weight excluding hydrogens is 471 g/mol. The summed E-state index contributed by atoms with van der Waals surface area (Å²) in [6.07, 6.45) is -3.03. The first-order valence-corrected chi connectivity index (χ1v) is 12.4. The molecule has 2 aliphatic heterocycles. The van der Waals surface area contributed by atoms with Crippen molar-refractivity contribution in [2.45, 2.75) is 25.9 Å². The summed E-state index contributed by atoms with van der Waals surface area (Å²) >= 11 is 2.98. The average Bonchev–Trinajstić information content (AvgIpc) is 3.54. The Hall–Kier alpha value is -2.73. The molecule has 1 saturated heterocycles. The second-order valence-electron chi connectivity index (χ2n) is 7.99. The van der Waals surface area contributed by atoms with Crippen LogP contribution in [0.3, 0.4) is 0 Å². The van der Waals surface area contributed by atoms with Gasteiger partial charge in [0.1, 0.15) is 22.2 Å². The molecule has 33 heavy (non-hydrogen) atoms. The van der Waals surface area contributed by atoms with Crippen molar-refractivity contribution in [1.29, 1.82) is 0 Å². The maximum atomic E-state index is 13.0. The standard InChI is InChI=1S/C21H22F3N7S2/c1-12-14(3-4-17(27-12)31-8-5-13(9-31)21(22,23)24)18-28-15(10-32-18)16-11-33-20(29-16)30-19-25-6-2-7-26-19/h3-4,10-11,13H,2,5-9H2,1H3,(H2,25,26,29,30). The van der Waals surface area contributed by atoms with Crippen LogP contribution in [0.25, 0.3) is 22.0 Å². The molecule has 0 bridgehead atoms. The molecule has 0 saturated carbocycles. The highest BCUT2D eigenvalue weighted by molar-refractivity contribution is 7.14. The maximum absolute atomic E-state index is 13.0. The van der Waals surface area contributed by atoms with Gasteiger partial charge >= 0.3 is 6.18 Å². The molecule has 5 heterocycles. The summed E-state index contributed by atoms with van der Waals surface area (Å²) in [4.78, 5) is 20.0. The van der Waals surface area contributed by atoms with Crippen LogP contribution in [-0.4, -0.2) is 53.3 Å². The van der Waals surface area contributed by atoms with E-state index in [1.807, 2.05) is 23.8 Å². The molecule has 3 aromatic rings. The lowest BCUT2D eigenvalue weighted by molar-refractivity contribution is -0.168. The van der Waals surface area contributed by atoms with Crippen LogP contribution >= 0.6 is 22.7 Å². The highest BCUT2D eigenvalue weighted by atomic mass is 32.1. The van der Waals surface area contributed by atoms with E-state index in [0.717, 1.165) is 58.3 Å². The van der Waals surface area contributed by atoms with Crippen molar-refractivity contribution >= 4 is 39.6 Å². The number of nitrogens with zero attached hydrogens (tertiary/aromatic N) is 5. The number of hydrogen-bond acceptors (Lipinski definition) is 9. The molecule has 1 unspecified atom stereocenters. The van der Waals surface area contributed by atoms with Gasteiger partial charge in [0.15, 0.2) is 11.1 Å². The van der Waals surface area contributed by atoms with E-state index in [1.165, 1.54) is 22.7 Å². The molecule has 12 heteroatoms. The van der Waals surface area contributed by atoms with Gasteiger partial charge in [-0.1, -0.05) is 0 Å². The number of aliphatic imine (C=N–C) groups is 1. The number of hydrogen-bond donors (Lipinski definition) is 2. The van der Waals surface area contributed by atoms with E-state index < -0.39 is 12.1 Å². The first kappa shape index (κ1) is 22.1. The fraction of sp³-hybridized carbons (Fsp3) is 0.429. The minimum absolute atomic E-state index is 0.0428. The van der Waals surface area contributed by atoms with Gasteiger partial charge in [-0.05, 0) is 31.9 Å². The largest absolute Gasteiger partial charge is 0.393 e. The van der Waals surface area contributed by atoms with Crippen molar-refractivity contribution in [1.82, 2.24) is 20.3 Å². The minimum Gasteiger partial charge on any atom is -0.356 e. The number of halogens is 3. The molecule has 0 aliphatic carbocycles. The molecule has 174 valence electrons. The quantitative estimate of drug-likeness (QED) is 0.544. The smallest absolute Gasteiger partial charge is 0.356 e. The molecule has 0 spiro atoms. The van der Waals surface area contributed by atoms with Gasteiger partial charge < -0.3 is 15.5 Å². The van der Waals surface area contributed by atoms with Gasteiger partial charge in [-0.2, -0.15) is 13.2 Å². The van der Waals surface area contributed by atoms with E-state index >= 15 is 0 Å². The number of aryl methyl sites for hydroxylation is 1. The number of thiazole rings is 2. The molecule has 2 aliphatic rings.